The minimum Gasteiger partial charge on any atom is -0.357 e. The highest BCUT2D eigenvalue weighted by Crippen LogP contribution is 2.44. The van der Waals surface area contributed by atoms with Gasteiger partial charge in [-0.1, -0.05) is 12.1 Å². The van der Waals surface area contributed by atoms with Gasteiger partial charge >= 0.3 is 0 Å². The summed E-state index contributed by atoms with van der Waals surface area (Å²) in [6, 6.07) is 11.0. The van der Waals surface area contributed by atoms with E-state index in [2.05, 4.69) is 10.3 Å². The smallest absolute Gasteiger partial charge is 0.224 e. The monoisotopic (exact) mass is 333 g/mol. The first kappa shape index (κ1) is 15.6. The number of Topliss-reactive ketones (excluding diaryl/α,β-unsaturated/α-hetero) is 1. The molecule has 2 aromatic rings. The standard InChI is InChI=1S/C20H19N3O2/c1-13(24)23-17-7-3-2-5-15(17)22-16-6-4-8-18(25)19(16)20(23)14-9-11-21-12-10-14/h2-3,5,7,9-12,20,22H,4,6,8H2,1H3. The van der Waals surface area contributed by atoms with E-state index >= 15 is 0 Å². The molecular weight excluding hydrogens is 314 g/mol. The van der Waals surface area contributed by atoms with Gasteiger partial charge < -0.3 is 5.32 Å². The zero-order chi connectivity index (χ0) is 17.4. The number of rotatable bonds is 1. The van der Waals surface area contributed by atoms with Gasteiger partial charge in [0.25, 0.3) is 0 Å². The Morgan fingerprint density at radius 1 is 1.16 bits per heavy atom. The number of hydrogen-bond acceptors (Lipinski definition) is 4. The average molecular weight is 333 g/mol. The van der Waals surface area contributed by atoms with Crippen LogP contribution in [0, 0.1) is 0 Å². The molecule has 1 aliphatic carbocycles. The third kappa shape index (κ3) is 2.61. The maximum absolute atomic E-state index is 12.8. The fraction of sp³-hybridized carbons (Fsp3) is 0.250. The van der Waals surface area contributed by atoms with Crippen LogP contribution in [-0.2, 0) is 9.59 Å². The normalized spacial score (nSPS) is 19.6. The van der Waals surface area contributed by atoms with E-state index in [1.807, 2.05) is 36.4 Å². The molecule has 0 spiro atoms. The zero-order valence-corrected chi connectivity index (χ0v) is 14.0. The molecule has 1 aliphatic heterocycles. The average Bonchev–Trinajstić information content (AvgIpc) is 2.77. The van der Waals surface area contributed by atoms with E-state index in [-0.39, 0.29) is 11.7 Å². The molecule has 1 aromatic heterocycles. The van der Waals surface area contributed by atoms with Crippen LogP contribution >= 0.6 is 0 Å². The first-order valence-electron chi connectivity index (χ1n) is 8.49. The van der Waals surface area contributed by atoms with Gasteiger partial charge in [-0.15, -0.1) is 0 Å². The fourth-order valence-corrected chi connectivity index (χ4v) is 3.74. The number of carbonyl (C=O) groups excluding carboxylic acids is 2. The summed E-state index contributed by atoms with van der Waals surface area (Å²) in [4.78, 5) is 31.3. The Bertz CT molecular complexity index is 874. The van der Waals surface area contributed by atoms with Gasteiger partial charge in [0.1, 0.15) is 0 Å². The van der Waals surface area contributed by atoms with Gasteiger partial charge in [0.2, 0.25) is 5.91 Å². The fourth-order valence-electron chi connectivity index (χ4n) is 3.74. The van der Waals surface area contributed by atoms with Gasteiger partial charge in [0.15, 0.2) is 5.78 Å². The van der Waals surface area contributed by atoms with Gasteiger partial charge in [0.05, 0.1) is 17.4 Å². The van der Waals surface area contributed by atoms with E-state index in [4.69, 9.17) is 0 Å². The van der Waals surface area contributed by atoms with Crippen LogP contribution in [0.3, 0.4) is 0 Å². The van der Waals surface area contributed by atoms with Gasteiger partial charge in [0, 0.05) is 37.0 Å². The molecule has 0 fully saturated rings. The first-order chi connectivity index (χ1) is 12.2. The van der Waals surface area contributed by atoms with E-state index in [0.29, 0.717) is 12.0 Å². The topological polar surface area (TPSA) is 62.3 Å². The number of anilines is 2. The van der Waals surface area contributed by atoms with Crippen molar-refractivity contribution in [1.29, 1.82) is 0 Å². The molecule has 2 heterocycles. The van der Waals surface area contributed by atoms with Crippen LogP contribution in [0.2, 0.25) is 0 Å². The van der Waals surface area contributed by atoms with Crippen molar-refractivity contribution in [3.8, 4) is 0 Å². The molecule has 4 rings (SSSR count). The number of ketones is 1. The predicted molar refractivity (Wildman–Crippen MR) is 96.1 cm³/mol. The Kier molecular flexibility index (Phi) is 3.84. The second-order valence-electron chi connectivity index (χ2n) is 6.38. The molecule has 126 valence electrons. The molecule has 25 heavy (non-hydrogen) atoms. The van der Waals surface area contributed by atoms with Crippen LogP contribution in [0.15, 0.2) is 60.1 Å². The molecule has 0 radical (unpaired) electrons. The van der Waals surface area contributed by atoms with Gasteiger partial charge in [-0.3, -0.25) is 19.5 Å². The molecule has 5 heteroatoms. The Morgan fingerprint density at radius 3 is 2.68 bits per heavy atom. The molecule has 5 nitrogen and oxygen atoms in total. The summed E-state index contributed by atoms with van der Waals surface area (Å²) in [5.41, 5.74) is 4.17. The van der Waals surface area contributed by atoms with Crippen molar-refractivity contribution in [1.82, 2.24) is 4.98 Å². The number of allylic oxidation sites excluding steroid dienone is 1. The molecular formula is C20H19N3O2. The molecule has 1 unspecified atom stereocenters. The van der Waals surface area contributed by atoms with Crippen molar-refractivity contribution in [3.63, 3.8) is 0 Å². The number of carbonyl (C=O) groups is 2. The SMILES string of the molecule is CC(=O)N1c2ccccc2NC2=C(C(=O)CCC2)C1c1ccncc1. The van der Waals surface area contributed by atoms with E-state index in [0.717, 1.165) is 35.5 Å². The minimum atomic E-state index is -0.431. The summed E-state index contributed by atoms with van der Waals surface area (Å²) in [5.74, 6) is 0.0119. The minimum absolute atomic E-state index is 0.0943. The molecule has 0 saturated heterocycles. The number of pyridine rings is 1. The summed E-state index contributed by atoms with van der Waals surface area (Å²) >= 11 is 0. The molecule has 1 amide bonds. The quantitative estimate of drug-likeness (QED) is 0.866. The van der Waals surface area contributed by atoms with Gasteiger partial charge in [-0.25, -0.2) is 0 Å². The summed E-state index contributed by atoms with van der Waals surface area (Å²) in [6.07, 6.45) is 5.56. The third-order valence-electron chi connectivity index (χ3n) is 4.80. The molecule has 1 aromatic carbocycles. The number of benzene rings is 1. The van der Waals surface area contributed by atoms with Crippen LogP contribution in [0.1, 0.15) is 37.8 Å². The number of nitrogens with zero attached hydrogens (tertiary/aromatic N) is 2. The van der Waals surface area contributed by atoms with Gasteiger partial charge in [-0.2, -0.15) is 0 Å². The number of hydrogen-bond donors (Lipinski definition) is 1. The largest absolute Gasteiger partial charge is 0.357 e. The zero-order valence-electron chi connectivity index (χ0n) is 14.0. The molecule has 1 N–H and O–H groups in total. The van der Waals surface area contributed by atoms with Gasteiger partial charge in [-0.05, 0) is 42.7 Å². The lowest BCUT2D eigenvalue weighted by Crippen LogP contribution is -2.36. The number of para-hydroxylation sites is 2. The van der Waals surface area contributed by atoms with E-state index in [1.54, 1.807) is 24.2 Å². The second kappa shape index (κ2) is 6.16. The molecule has 2 aliphatic rings. The highest BCUT2D eigenvalue weighted by Gasteiger charge is 2.38. The summed E-state index contributed by atoms with van der Waals surface area (Å²) in [7, 11) is 0. The Hall–Kier alpha value is -2.95. The van der Waals surface area contributed by atoms with Crippen LogP contribution in [0.25, 0.3) is 0 Å². The lowest BCUT2D eigenvalue weighted by Gasteiger charge is -2.33. The van der Waals surface area contributed by atoms with E-state index < -0.39 is 6.04 Å². The number of nitrogens with one attached hydrogen (secondary N) is 1. The van der Waals surface area contributed by atoms with Crippen molar-refractivity contribution in [2.45, 2.75) is 32.2 Å². The highest BCUT2D eigenvalue weighted by molar-refractivity contribution is 6.05. The number of aromatic nitrogens is 1. The van der Waals surface area contributed by atoms with E-state index in [9.17, 15) is 9.59 Å². The number of fused-ring (bicyclic) bond motifs is 1. The lowest BCUT2D eigenvalue weighted by atomic mass is 9.86. The third-order valence-corrected chi connectivity index (χ3v) is 4.80. The first-order valence-corrected chi connectivity index (χ1v) is 8.49. The number of amides is 1. The van der Waals surface area contributed by atoms with Crippen molar-refractivity contribution < 1.29 is 9.59 Å². The second-order valence-corrected chi connectivity index (χ2v) is 6.38. The Balaban J connectivity index is 2.00. The van der Waals surface area contributed by atoms with Crippen molar-refractivity contribution in [3.05, 3.63) is 65.6 Å². The summed E-state index contributed by atoms with van der Waals surface area (Å²) in [6.45, 7) is 1.55. The Labute approximate surface area is 146 Å². The maximum Gasteiger partial charge on any atom is 0.224 e. The van der Waals surface area contributed by atoms with Crippen molar-refractivity contribution in [2.24, 2.45) is 0 Å². The predicted octanol–water partition coefficient (Wildman–Crippen LogP) is 3.61. The van der Waals surface area contributed by atoms with Crippen molar-refractivity contribution in [2.75, 3.05) is 10.2 Å². The van der Waals surface area contributed by atoms with Crippen LogP contribution in [0.5, 0.6) is 0 Å². The Morgan fingerprint density at radius 2 is 1.92 bits per heavy atom. The van der Waals surface area contributed by atoms with Crippen LogP contribution < -0.4 is 10.2 Å². The summed E-state index contributed by atoms with van der Waals surface area (Å²) < 4.78 is 0. The lowest BCUT2D eigenvalue weighted by molar-refractivity contribution is -0.117. The molecule has 0 bridgehead atoms. The van der Waals surface area contributed by atoms with Crippen LogP contribution in [0.4, 0.5) is 11.4 Å². The summed E-state index contributed by atoms with van der Waals surface area (Å²) in [5, 5.41) is 3.43. The van der Waals surface area contributed by atoms with Crippen molar-refractivity contribution >= 4 is 23.1 Å². The highest BCUT2D eigenvalue weighted by atomic mass is 16.2. The molecule has 0 saturated carbocycles. The maximum atomic E-state index is 12.8. The van der Waals surface area contributed by atoms with E-state index in [1.165, 1.54) is 0 Å². The van der Waals surface area contributed by atoms with Crippen LogP contribution in [-0.4, -0.2) is 16.7 Å². The molecule has 1 atom stereocenters.